The quantitative estimate of drug-likeness (QED) is 0.724. The molecule has 0 aromatic carbocycles. The molecule has 1 atom stereocenters. The number of halogens is 1. The maximum Gasteiger partial charge on any atom is 0.325 e. The summed E-state index contributed by atoms with van der Waals surface area (Å²) in [5.41, 5.74) is 4.93. The first kappa shape index (κ1) is 17.0. The fourth-order valence-corrected chi connectivity index (χ4v) is 3.77. The third-order valence-electron chi connectivity index (χ3n) is 4.97. The molecule has 4 amide bonds. The highest BCUT2D eigenvalue weighted by atomic mass is 35.5. The molecule has 22 heavy (non-hydrogen) atoms. The summed E-state index contributed by atoms with van der Waals surface area (Å²) in [6.45, 7) is 0.925. The molecule has 1 unspecified atom stereocenters. The van der Waals surface area contributed by atoms with Gasteiger partial charge in [0, 0.05) is 19.1 Å². The van der Waals surface area contributed by atoms with Crippen molar-refractivity contribution in [2.45, 2.75) is 50.1 Å². The van der Waals surface area contributed by atoms with Crippen LogP contribution in [-0.4, -0.2) is 58.9 Å². The van der Waals surface area contributed by atoms with Crippen molar-refractivity contribution in [1.29, 1.82) is 0 Å². The first-order valence-corrected chi connectivity index (χ1v) is 7.71. The molecule has 0 bridgehead atoms. The minimum atomic E-state index is -0.740. The van der Waals surface area contributed by atoms with Crippen molar-refractivity contribution < 1.29 is 14.4 Å². The van der Waals surface area contributed by atoms with E-state index >= 15 is 0 Å². The van der Waals surface area contributed by atoms with Gasteiger partial charge in [0.25, 0.3) is 5.91 Å². The van der Waals surface area contributed by atoms with E-state index in [0.717, 1.165) is 30.6 Å². The fraction of sp³-hybridized carbons (Fsp3) is 0.786. The van der Waals surface area contributed by atoms with Gasteiger partial charge in [0.05, 0.1) is 0 Å². The van der Waals surface area contributed by atoms with E-state index in [2.05, 4.69) is 5.32 Å². The summed E-state index contributed by atoms with van der Waals surface area (Å²) < 4.78 is 0. The van der Waals surface area contributed by atoms with Gasteiger partial charge in [-0.2, -0.15) is 0 Å². The van der Waals surface area contributed by atoms with Gasteiger partial charge in [0.15, 0.2) is 0 Å². The number of urea groups is 1. The summed E-state index contributed by atoms with van der Waals surface area (Å²) in [6.07, 6.45) is 5.06. The third kappa shape index (κ3) is 2.67. The molecule has 0 radical (unpaired) electrons. The predicted molar refractivity (Wildman–Crippen MR) is 82.5 cm³/mol. The lowest BCUT2D eigenvalue weighted by Gasteiger charge is -2.25. The van der Waals surface area contributed by atoms with Gasteiger partial charge >= 0.3 is 6.03 Å². The standard InChI is InChI=1S/C14H22N4O3.ClH/c15-8-10-4-3-7-17(10)11(19)9-18-12(20)14(16-13(18)21)5-1-2-6-14;/h10H,1-9,15H2,(H,16,21);1H. The van der Waals surface area contributed by atoms with Crippen molar-refractivity contribution >= 4 is 30.3 Å². The normalized spacial score (nSPS) is 26.5. The molecule has 0 aromatic heterocycles. The number of rotatable bonds is 3. The Morgan fingerprint density at radius 3 is 2.59 bits per heavy atom. The van der Waals surface area contributed by atoms with Crippen LogP contribution in [0, 0.1) is 0 Å². The SMILES string of the molecule is Cl.NCC1CCCN1C(=O)CN1C(=O)NC2(CCCC2)C1=O. The Balaban J connectivity index is 0.00000176. The average molecular weight is 331 g/mol. The minimum absolute atomic E-state index is 0. The van der Waals surface area contributed by atoms with Crippen LogP contribution < -0.4 is 11.1 Å². The van der Waals surface area contributed by atoms with Crippen LogP contribution >= 0.6 is 12.4 Å². The summed E-state index contributed by atoms with van der Waals surface area (Å²) in [7, 11) is 0. The van der Waals surface area contributed by atoms with Crippen molar-refractivity contribution in [2.75, 3.05) is 19.6 Å². The van der Waals surface area contributed by atoms with E-state index in [9.17, 15) is 14.4 Å². The molecule has 8 heteroatoms. The van der Waals surface area contributed by atoms with Crippen LogP contribution in [0.5, 0.6) is 0 Å². The van der Waals surface area contributed by atoms with Crippen molar-refractivity contribution in [2.24, 2.45) is 5.73 Å². The summed E-state index contributed by atoms with van der Waals surface area (Å²) in [4.78, 5) is 39.7. The number of nitrogens with two attached hydrogens (primary N) is 1. The topological polar surface area (TPSA) is 95.7 Å². The Morgan fingerprint density at radius 1 is 1.27 bits per heavy atom. The summed E-state index contributed by atoms with van der Waals surface area (Å²) in [5.74, 6) is -0.414. The molecule has 3 N–H and O–H groups in total. The largest absolute Gasteiger partial charge is 0.337 e. The molecule has 3 aliphatic rings. The van der Waals surface area contributed by atoms with Crippen LogP contribution in [0.1, 0.15) is 38.5 Å². The molecular formula is C14H23ClN4O3. The second-order valence-corrected chi connectivity index (χ2v) is 6.23. The van der Waals surface area contributed by atoms with Gasteiger partial charge in [0.2, 0.25) is 5.91 Å². The zero-order chi connectivity index (χ0) is 15.0. The first-order chi connectivity index (χ1) is 10.1. The van der Waals surface area contributed by atoms with Gasteiger partial charge in [0.1, 0.15) is 12.1 Å². The smallest absolute Gasteiger partial charge is 0.325 e. The van der Waals surface area contributed by atoms with E-state index in [0.29, 0.717) is 25.9 Å². The molecule has 3 fully saturated rings. The van der Waals surface area contributed by atoms with Crippen LogP contribution in [0.3, 0.4) is 0 Å². The lowest BCUT2D eigenvalue weighted by Crippen LogP contribution is -2.48. The highest BCUT2D eigenvalue weighted by Crippen LogP contribution is 2.35. The highest BCUT2D eigenvalue weighted by Gasteiger charge is 2.53. The molecular weight excluding hydrogens is 308 g/mol. The van der Waals surface area contributed by atoms with Crippen LogP contribution in [0.4, 0.5) is 4.79 Å². The maximum absolute atomic E-state index is 12.5. The number of hydrogen-bond acceptors (Lipinski definition) is 4. The van der Waals surface area contributed by atoms with E-state index in [-0.39, 0.29) is 36.8 Å². The lowest BCUT2D eigenvalue weighted by atomic mass is 9.98. The summed E-state index contributed by atoms with van der Waals surface area (Å²) >= 11 is 0. The predicted octanol–water partition coefficient (Wildman–Crippen LogP) is 0.222. The van der Waals surface area contributed by atoms with Crippen molar-refractivity contribution in [3.8, 4) is 0 Å². The molecule has 1 saturated carbocycles. The number of likely N-dealkylation sites (tertiary alicyclic amines) is 1. The zero-order valence-corrected chi connectivity index (χ0v) is 13.4. The van der Waals surface area contributed by atoms with Crippen LogP contribution in [0.25, 0.3) is 0 Å². The maximum atomic E-state index is 12.5. The van der Waals surface area contributed by atoms with Crippen molar-refractivity contribution in [1.82, 2.24) is 15.1 Å². The molecule has 2 saturated heterocycles. The Kier molecular flexibility index (Phi) is 4.97. The van der Waals surface area contributed by atoms with Gasteiger partial charge in [-0.25, -0.2) is 4.79 Å². The van der Waals surface area contributed by atoms with Crippen LogP contribution in [0.2, 0.25) is 0 Å². The number of imide groups is 1. The van der Waals surface area contributed by atoms with Gasteiger partial charge in [-0.1, -0.05) is 12.8 Å². The van der Waals surface area contributed by atoms with E-state index in [4.69, 9.17) is 5.73 Å². The van der Waals surface area contributed by atoms with E-state index < -0.39 is 11.6 Å². The van der Waals surface area contributed by atoms with Gasteiger partial charge in [-0.15, -0.1) is 12.4 Å². The lowest BCUT2D eigenvalue weighted by molar-refractivity contribution is -0.139. The number of hydrogen-bond donors (Lipinski definition) is 2. The second-order valence-electron chi connectivity index (χ2n) is 6.23. The molecule has 124 valence electrons. The van der Waals surface area contributed by atoms with Gasteiger partial charge in [-0.05, 0) is 25.7 Å². The molecule has 7 nitrogen and oxygen atoms in total. The zero-order valence-electron chi connectivity index (χ0n) is 12.5. The molecule has 0 aromatic rings. The fourth-order valence-electron chi connectivity index (χ4n) is 3.77. The van der Waals surface area contributed by atoms with E-state index in [1.807, 2.05) is 0 Å². The van der Waals surface area contributed by atoms with Crippen molar-refractivity contribution in [3.63, 3.8) is 0 Å². The first-order valence-electron chi connectivity index (χ1n) is 7.71. The molecule has 1 aliphatic carbocycles. The van der Waals surface area contributed by atoms with E-state index in [1.54, 1.807) is 4.90 Å². The summed E-state index contributed by atoms with van der Waals surface area (Å²) in [5, 5.41) is 2.79. The number of nitrogens with one attached hydrogen (secondary N) is 1. The second kappa shape index (κ2) is 6.42. The number of carbonyl (C=O) groups is 3. The Hall–Kier alpha value is -1.34. The molecule has 2 heterocycles. The Morgan fingerprint density at radius 2 is 1.95 bits per heavy atom. The average Bonchev–Trinajstić information content (AvgIpc) is 3.16. The molecule has 2 aliphatic heterocycles. The molecule has 3 rings (SSSR count). The number of amides is 4. The molecule has 1 spiro atoms. The third-order valence-corrected chi connectivity index (χ3v) is 4.97. The minimum Gasteiger partial charge on any atom is -0.337 e. The number of nitrogens with zero attached hydrogens (tertiary/aromatic N) is 2. The Labute approximate surface area is 136 Å². The van der Waals surface area contributed by atoms with Crippen molar-refractivity contribution in [3.05, 3.63) is 0 Å². The highest BCUT2D eigenvalue weighted by molar-refractivity contribution is 6.09. The van der Waals surface area contributed by atoms with E-state index in [1.165, 1.54) is 0 Å². The Bertz CT molecular complexity index is 479. The van der Waals surface area contributed by atoms with Crippen LogP contribution in [-0.2, 0) is 9.59 Å². The van der Waals surface area contributed by atoms with Crippen LogP contribution in [0.15, 0.2) is 0 Å². The van der Waals surface area contributed by atoms with Gasteiger partial charge in [-0.3, -0.25) is 14.5 Å². The monoisotopic (exact) mass is 330 g/mol. The van der Waals surface area contributed by atoms with Gasteiger partial charge < -0.3 is 16.0 Å². The number of carbonyl (C=O) groups excluding carboxylic acids is 3. The summed E-state index contributed by atoms with van der Waals surface area (Å²) in [6, 6.07) is -0.391.